The Kier molecular flexibility index (Phi) is 8.85. The number of aromatic nitrogens is 4. The lowest BCUT2D eigenvalue weighted by Gasteiger charge is -2.12. The fourth-order valence-electron chi connectivity index (χ4n) is 3.76. The Hall–Kier alpha value is -4.31. The molecule has 0 N–H and O–H groups in total. The van der Waals surface area contributed by atoms with Gasteiger partial charge in [-0.25, -0.2) is 4.98 Å². The summed E-state index contributed by atoms with van der Waals surface area (Å²) in [6.07, 6.45) is 23.3. The van der Waals surface area contributed by atoms with Crippen molar-refractivity contribution in [1.29, 1.82) is 0 Å². The number of hydrogen-bond donors (Lipinski definition) is 0. The van der Waals surface area contributed by atoms with Crippen LogP contribution in [0.2, 0.25) is 0 Å². The van der Waals surface area contributed by atoms with E-state index < -0.39 is 0 Å². The van der Waals surface area contributed by atoms with Crippen LogP contribution in [0.4, 0.5) is 0 Å². The van der Waals surface area contributed by atoms with Gasteiger partial charge in [-0.15, -0.1) is 0 Å². The van der Waals surface area contributed by atoms with Gasteiger partial charge in [0.1, 0.15) is 0 Å². The second-order valence-electron chi connectivity index (χ2n) is 7.74. The van der Waals surface area contributed by atoms with E-state index >= 15 is 0 Å². The van der Waals surface area contributed by atoms with Crippen LogP contribution in [0, 0.1) is 6.92 Å². The van der Waals surface area contributed by atoms with Crippen molar-refractivity contribution in [3.63, 3.8) is 0 Å². The van der Waals surface area contributed by atoms with Gasteiger partial charge in [0.25, 0.3) is 0 Å². The van der Waals surface area contributed by atoms with Crippen LogP contribution in [0.1, 0.15) is 43.7 Å². The number of aryl methyl sites for hydroxylation is 1. The van der Waals surface area contributed by atoms with Crippen molar-refractivity contribution >= 4 is 28.1 Å². The molecule has 4 heteroatoms. The highest BCUT2D eigenvalue weighted by molar-refractivity contribution is 5.89. The average molecular weight is 461 g/mol. The summed E-state index contributed by atoms with van der Waals surface area (Å²) in [6.45, 7) is 15.9. The van der Waals surface area contributed by atoms with Gasteiger partial charge in [-0.05, 0) is 45.4 Å². The van der Waals surface area contributed by atoms with Crippen molar-refractivity contribution in [2.24, 2.45) is 0 Å². The van der Waals surface area contributed by atoms with Crippen molar-refractivity contribution < 1.29 is 0 Å². The van der Waals surface area contributed by atoms with Crippen molar-refractivity contribution in [3.8, 4) is 5.95 Å². The quantitative estimate of drug-likeness (QED) is 0.304. The topological polar surface area (TPSA) is 43.6 Å². The normalized spacial score (nSPS) is 13.3. The summed E-state index contributed by atoms with van der Waals surface area (Å²) in [5.74, 6) is 1.66. The number of allylic oxidation sites excluding steroid dienone is 13. The predicted molar refractivity (Wildman–Crippen MR) is 151 cm³/mol. The van der Waals surface area contributed by atoms with Crippen LogP contribution >= 0.6 is 0 Å². The minimum Gasteiger partial charge on any atom is -0.278 e. The van der Waals surface area contributed by atoms with Crippen molar-refractivity contribution in [2.75, 3.05) is 0 Å². The maximum absolute atomic E-state index is 4.93. The smallest absolute Gasteiger partial charge is 0.238 e. The predicted octanol–water partition coefficient (Wildman–Crippen LogP) is 8.00. The van der Waals surface area contributed by atoms with E-state index in [4.69, 9.17) is 15.0 Å². The Bertz CT molecular complexity index is 1410. The molecule has 2 heterocycles. The van der Waals surface area contributed by atoms with Crippen LogP contribution in [0.3, 0.4) is 0 Å². The standard InChI is InChI=1S/C31H32N4/c1-7-12-14-21-27-23(6)26-20-15-16-22-28(26)35(27)31-33-29(24(11-5)19-13-8-2)32-30(34-31)25(17-9-3)18-10-4/h7-22H,3,5H2,1-2,4,6H3/b12-7+,13-8-,18-10-,21-14+,24-19+,25-17+. The van der Waals surface area contributed by atoms with E-state index in [0.717, 1.165) is 33.3 Å². The lowest BCUT2D eigenvalue weighted by Crippen LogP contribution is -2.10. The van der Waals surface area contributed by atoms with Crippen molar-refractivity contribution in [2.45, 2.75) is 27.7 Å². The molecule has 4 nitrogen and oxygen atoms in total. The van der Waals surface area contributed by atoms with E-state index in [2.05, 4.69) is 48.9 Å². The molecule has 176 valence electrons. The molecule has 0 atom stereocenters. The molecule has 0 fully saturated rings. The zero-order chi connectivity index (χ0) is 25.2. The molecule has 0 aliphatic carbocycles. The monoisotopic (exact) mass is 460 g/mol. The molecule has 2 aromatic heterocycles. The summed E-state index contributed by atoms with van der Waals surface area (Å²) in [5, 5.41) is 1.15. The molecule has 0 bridgehead atoms. The molecule has 3 aromatic rings. The number of hydrogen-bond acceptors (Lipinski definition) is 3. The van der Waals surface area contributed by atoms with Gasteiger partial charge in [0, 0.05) is 16.5 Å². The number of nitrogens with zero attached hydrogens (tertiary/aromatic N) is 4. The Morgan fingerprint density at radius 2 is 1.54 bits per heavy atom. The minimum absolute atomic E-state index is 0.544. The molecule has 0 saturated heterocycles. The first-order valence-electron chi connectivity index (χ1n) is 11.7. The van der Waals surface area contributed by atoms with Gasteiger partial charge in [0.05, 0.1) is 11.2 Å². The van der Waals surface area contributed by atoms with Gasteiger partial charge in [0.2, 0.25) is 5.95 Å². The van der Waals surface area contributed by atoms with E-state index in [0.29, 0.717) is 17.6 Å². The molecular weight excluding hydrogens is 428 g/mol. The Balaban J connectivity index is 2.44. The maximum atomic E-state index is 4.93. The molecular formula is C31H32N4. The van der Waals surface area contributed by atoms with Gasteiger partial charge in [-0.1, -0.05) is 98.2 Å². The summed E-state index contributed by atoms with van der Waals surface area (Å²) >= 11 is 0. The molecule has 0 saturated carbocycles. The van der Waals surface area contributed by atoms with Crippen LogP contribution in [-0.4, -0.2) is 19.5 Å². The molecule has 0 aliphatic heterocycles. The third-order valence-corrected chi connectivity index (χ3v) is 5.40. The molecule has 0 spiro atoms. The fraction of sp³-hybridized carbons (Fsp3) is 0.129. The van der Waals surface area contributed by atoms with Crippen LogP contribution in [0.25, 0.3) is 34.1 Å². The number of benzene rings is 1. The van der Waals surface area contributed by atoms with Crippen molar-refractivity contribution in [3.05, 3.63) is 127 Å². The zero-order valence-corrected chi connectivity index (χ0v) is 20.9. The largest absolute Gasteiger partial charge is 0.278 e. The summed E-state index contributed by atoms with van der Waals surface area (Å²) < 4.78 is 2.09. The van der Waals surface area contributed by atoms with E-state index in [-0.39, 0.29) is 0 Å². The van der Waals surface area contributed by atoms with Gasteiger partial charge in [0.15, 0.2) is 11.6 Å². The van der Waals surface area contributed by atoms with Gasteiger partial charge >= 0.3 is 0 Å². The first-order chi connectivity index (χ1) is 17.1. The molecule has 35 heavy (non-hydrogen) atoms. The fourth-order valence-corrected chi connectivity index (χ4v) is 3.76. The Labute approximate surface area is 208 Å². The maximum Gasteiger partial charge on any atom is 0.238 e. The minimum atomic E-state index is 0.544. The molecule has 0 radical (unpaired) electrons. The molecule has 1 aromatic carbocycles. The summed E-state index contributed by atoms with van der Waals surface area (Å²) in [5.41, 5.74) is 4.87. The number of fused-ring (bicyclic) bond motifs is 1. The average Bonchev–Trinajstić information content (AvgIpc) is 3.16. The second-order valence-corrected chi connectivity index (χ2v) is 7.74. The third-order valence-electron chi connectivity index (χ3n) is 5.40. The summed E-state index contributed by atoms with van der Waals surface area (Å²) in [4.78, 5) is 14.7. The second kappa shape index (κ2) is 12.2. The highest BCUT2D eigenvalue weighted by Crippen LogP contribution is 2.30. The van der Waals surface area contributed by atoms with E-state index in [9.17, 15) is 0 Å². The number of para-hydroxylation sites is 1. The third kappa shape index (κ3) is 5.61. The summed E-state index contributed by atoms with van der Waals surface area (Å²) in [6, 6.07) is 8.30. The Morgan fingerprint density at radius 1 is 0.829 bits per heavy atom. The lowest BCUT2D eigenvalue weighted by atomic mass is 10.1. The first kappa shape index (κ1) is 25.3. The van der Waals surface area contributed by atoms with Gasteiger partial charge in [-0.2, -0.15) is 9.97 Å². The van der Waals surface area contributed by atoms with Gasteiger partial charge < -0.3 is 0 Å². The first-order valence-corrected chi connectivity index (χ1v) is 11.7. The van der Waals surface area contributed by atoms with Gasteiger partial charge in [-0.3, -0.25) is 4.57 Å². The molecule has 0 amide bonds. The molecule has 3 rings (SSSR count). The van der Waals surface area contributed by atoms with Crippen LogP contribution in [-0.2, 0) is 0 Å². The summed E-state index contributed by atoms with van der Waals surface area (Å²) in [7, 11) is 0. The Morgan fingerprint density at radius 3 is 2.20 bits per heavy atom. The SMILES string of the molecule is C=C/C=C(\C=C/C)c1nc(/C(C=C)=C/C=C\C)nc(-n2c(/C=C/C=C/C)c(C)c3ccccc32)n1. The van der Waals surface area contributed by atoms with Crippen LogP contribution < -0.4 is 0 Å². The highest BCUT2D eigenvalue weighted by Gasteiger charge is 2.18. The van der Waals surface area contributed by atoms with E-state index in [1.165, 1.54) is 0 Å². The number of rotatable bonds is 9. The molecule has 0 aliphatic rings. The molecule has 0 unspecified atom stereocenters. The van der Waals surface area contributed by atoms with E-state index in [1.54, 1.807) is 12.2 Å². The van der Waals surface area contributed by atoms with Crippen LogP contribution in [0.5, 0.6) is 0 Å². The highest BCUT2D eigenvalue weighted by atomic mass is 15.2. The zero-order valence-electron chi connectivity index (χ0n) is 20.9. The van der Waals surface area contributed by atoms with Crippen molar-refractivity contribution in [1.82, 2.24) is 19.5 Å². The van der Waals surface area contributed by atoms with E-state index in [1.807, 2.05) is 81.5 Å². The van der Waals surface area contributed by atoms with Crippen LogP contribution in [0.15, 0.2) is 104 Å². The lowest BCUT2D eigenvalue weighted by molar-refractivity contribution is 0.888.